The Balaban J connectivity index is 2.22. The third-order valence-corrected chi connectivity index (χ3v) is 5.46. The smallest absolute Gasteiger partial charge is 0.433 e. The van der Waals surface area contributed by atoms with E-state index < -0.39 is 23.9 Å². The minimum Gasteiger partial charge on any atom is -0.560 e. The first kappa shape index (κ1) is 22.5. The van der Waals surface area contributed by atoms with Crippen LogP contribution in [-0.2, 0) is 15.6 Å². The van der Waals surface area contributed by atoms with Gasteiger partial charge in [-0.25, -0.2) is 14.8 Å². The van der Waals surface area contributed by atoms with E-state index in [-0.39, 0.29) is 16.1 Å². The Bertz CT molecular complexity index is 1150. The van der Waals surface area contributed by atoms with Crippen molar-refractivity contribution < 1.29 is 32.1 Å². The van der Waals surface area contributed by atoms with Crippen molar-refractivity contribution in [3.8, 4) is 16.3 Å². The molecule has 7 nitrogen and oxygen atoms in total. The number of hydrogen-bond donors (Lipinski definition) is 0. The number of methoxy groups -OCH3 is 2. The van der Waals surface area contributed by atoms with Gasteiger partial charge in [0.1, 0.15) is 26.8 Å². The van der Waals surface area contributed by atoms with E-state index in [1.54, 1.807) is 13.0 Å². The predicted molar refractivity (Wildman–Crippen MR) is 112 cm³/mol. The van der Waals surface area contributed by atoms with Gasteiger partial charge in [0.2, 0.25) is 0 Å². The summed E-state index contributed by atoms with van der Waals surface area (Å²) in [4.78, 5) is 25.0. The highest BCUT2D eigenvalue weighted by Crippen LogP contribution is 2.39. The highest BCUT2D eigenvalue weighted by molar-refractivity contribution is 7.17. The molecule has 0 aliphatic carbocycles. The lowest BCUT2D eigenvalue weighted by molar-refractivity contribution is -0.140. The number of ether oxygens (including phenoxy) is 2. The molecule has 0 aliphatic rings. The molecule has 1 aromatic carbocycles. The van der Waals surface area contributed by atoms with Gasteiger partial charge in [0.05, 0.1) is 26.0 Å². The maximum absolute atomic E-state index is 13.2. The number of hydrogen-bond acceptors (Lipinski definition) is 8. The van der Waals surface area contributed by atoms with E-state index in [1.807, 2.05) is 0 Å². The number of pyridine rings is 1. The second-order valence-electron chi connectivity index (χ2n) is 6.30. The normalized spacial score (nSPS) is 12.8. The Morgan fingerprint density at radius 2 is 1.97 bits per heavy atom. The van der Waals surface area contributed by atoms with Crippen molar-refractivity contribution in [3.63, 3.8) is 0 Å². The number of carbonyl (C=O) groups is 1. The summed E-state index contributed by atoms with van der Waals surface area (Å²) in [6.07, 6.45) is -3.37. The molecule has 2 aromatic heterocycles. The molecule has 31 heavy (non-hydrogen) atoms. The lowest BCUT2D eigenvalue weighted by atomic mass is 10.1. The van der Waals surface area contributed by atoms with Gasteiger partial charge in [0, 0.05) is 10.9 Å². The zero-order valence-corrected chi connectivity index (χ0v) is 17.8. The third-order valence-electron chi connectivity index (χ3n) is 4.37. The van der Waals surface area contributed by atoms with Crippen molar-refractivity contribution in [2.45, 2.75) is 19.1 Å². The van der Waals surface area contributed by atoms with Gasteiger partial charge in [0.25, 0.3) is 0 Å². The van der Waals surface area contributed by atoms with Crippen molar-refractivity contribution in [3.05, 3.63) is 40.5 Å². The van der Waals surface area contributed by atoms with Gasteiger partial charge >= 0.3 is 20.2 Å². The summed E-state index contributed by atoms with van der Waals surface area (Å²) in [6.45, 7) is 1.73. The molecular weight excluding hydrogens is 434 g/mol. The summed E-state index contributed by atoms with van der Waals surface area (Å²) < 4.78 is 54.4. The maximum atomic E-state index is 13.2. The first-order valence-corrected chi connectivity index (χ1v) is 9.71. The van der Waals surface area contributed by atoms with Crippen LogP contribution >= 0.6 is 11.3 Å². The average Bonchev–Trinajstić information content (AvgIpc) is 3.20. The van der Waals surface area contributed by atoms with Crippen LogP contribution in [0.25, 0.3) is 21.5 Å². The molecule has 2 heterocycles. The molecule has 0 saturated carbocycles. The van der Waals surface area contributed by atoms with E-state index in [9.17, 15) is 18.0 Å². The van der Waals surface area contributed by atoms with Crippen molar-refractivity contribution >= 4 is 42.7 Å². The van der Waals surface area contributed by atoms with Crippen LogP contribution in [0.3, 0.4) is 0 Å². The van der Waals surface area contributed by atoms with E-state index in [0.717, 1.165) is 17.4 Å². The molecule has 0 radical (unpaired) electrons. The molecule has 0 aliphatic heterocycles. The Morgan fingerprint density at radius 1 is 1.23 bits per heavy atom. The monoisotopic (exact) mass is 451 g/mol. The quantitative estimate of drug-likeness (QED) is 0.245. The summed E-state index contributed by atoms with van der Waals surface area (Å²) in [5.41, 5.74) is -0.130. The molecule has 0 amide bonds. The summed E-state index contributed by atoms with van der Waals surface area (Å²) in [5.74, 6) is -0.401. The van der Waals surface area contributed by atoms with Crippen LogP contribution in [0.4, 0.5) is 13.2 Å². The van der Waals surface area contributed by atoms with Gasteiger partial charge < -0.3 is 14.1 Å². The predicted octanol–water partition coefficient (Wildman–Crippen LogP) is 3.83. The number of nitrogens with zero attached hydrogens (tertiary/aromatic N) is 3. The van der Waals surface area contributed by atoms with Gasteiger partial charge in [-0.05, 0) is 31.2 Å². The fourth-order valence-electron chi connectivity index (χ4n) is 2.89. The molecule has 0 N–H and O–H groups in total. The minimum absolute atomic E-state index is 0.0386. The Hall–Kier alpha value is -3.15. The minimum atomic E-state index is -4.60. The lowest BCUT2D eigenvalue weighted by Gasteiger charge is -2.11. The van der Waals surface area contributed by atoms with Crippen molar-refractivity contribution in [1.29, 1.82) is 0 Å². The molecule has 0 saturated heterocycles. The molecule has 1 unspecified atom stereocenters. The standard InChI is InChI=1S/C19H17BF3N3O4S/c1-9(24-8-30-20)14-16(18(27)29-3)31-17(26-14)11-4-6-12(28-2)15-10(11)5-7-13(25-15)19(21,22)23/h4-9H,20H2,1-3H3. The molecule has 3 aromatic rings. The third kappa shape index (κ3) is 4.48. The summed E-state index contributed by atoms with van der Waals surface area (Å²) >= 11 is 1.05. The van der Waals surface area contributed by atoms with Gasteiger partial charge in [-0.1, -0.05) is 0 Å². The second kappa shape index (κ2) is 8.92. The van der Waals surface area contributed by atoms with E-state index in [0.29, 0.717) is 21.7 Å². The zero-order chi connectivity index (χ0) is 22.8. The molecule has 12 heteroatoms. The maximum Gasteiger partial charge on any atom is 0.433 e. The number of benzene rings is 1. The van der Waals surface area contributed by atoms with Crippen LogP contribution in [-0.4, -0.2) is 44.6 Å². The largest absolute Gasteiger partial charge is 0.560 e. The molecular formula is C19H17BF3N3O4S. The van der Waals surface area contributed by atoms with Crippen LogP contribution in [0.15, 0.2) is 29.3 Å². The van der Waals surface area contributed by atoms with Gasteiger partial charge in [-0.2, -0.15) is 13.2 Å². The van der Waals surface area contributed by atoms with E-state index in [4.69, 9.17) is 14.1 Å². The summed E-state index contributed by atoms with van der Waals surface area (Å²) in [7, 11) is 4.04. The van der Waals surface area contributed by atoms with Gasteiger partial charge in [-0.3, -0.25) is 4.99 Å². The van der Waals surface area contributed by atoms with E-state index >= 15 is 0 Å². The number of rotatable bonds is 6. The molecule has 1 atom stereocenters. The van der Waals surface area contributed by atoms with Crippen LogP contribution < -0.4 is 4.74 Å². The summed E-state index contributed by atoms with van der Waals surface area (Å²) in [5, 5.41) is 0.807. The Morgan fingerprint density at radius 3 is 2.58 bits per heavy atom. The Labute approximate surface area is 180 Å². The number of aliphatic imine (C=N–C) groups is 1. The highest BCUT2D eigenvalue weighted by Gasteiger charge is 2.33. The number of fused-ring (bicyclic) bond motifs is 1. The van der Waals surface area contributed by atoms with Crippen LogP contribution in [0, 0.1) is 0 Å². The first-order chi connectivity index (χ1) is 14.7. The van der Waals surface area contributed by atoms with Gasteiger partial charge in [-0.15, -0.1) is 11.3 Å². The number of esters is 1. The van der Waals surface area contributed by atoms with Crippen LogP contribution in [0.1, 0.15) is 34.0 Å². The molecule has 0 fully saturated rings. The topological polar surface area (TPSA) is 82.9 Å². The molecule has 162 valence electrons. The SMILES string of the molecule is BOC=NC(C)c1nc(-c2ccc(OC)c3nc(C(F)(F)F)ccc23)sc1C(=O)OC. The van der Waals surface area contributed by atoms with Crippen LogP contribution in [0.2, 0.25) is 0 Å². The van der Waals surface area contributed by atoms with Crippen molar-refractivity contribution in [1.82, 2.24) is 9.97 Å². The number of halogens is 3. The highest BCUT2D eigenvalue weighted by atomic mass is 32.1. The van der Waals surface area contributed by atoms with Crippen LogP contribution in [0.5, 0.6) is 5.75 Å². The number of aromatic nitrogens is 2. The first-order valence-electron chi connectivity index (χ1n) is 8.90. The van der Waals surface area contributed by atoms with Gasteiger partial charge in [0.15, 0.2) is 6.40 Å². The fraction of sp³-hybridized carbons (Fsp3) is 0.263. The lowest BCUT2D eigenvalue weighted by Crippen LogP contribution is -2.08. The number of thiazole rings is 1. The number of alkyl halides is 3. The summed E-state index contributed by atoms with van der Waals surface area (Å²) in [6, 6.07) is 4.86. The van der Waals surface area contributed by atoms with E-state index in [1.165, 1.54) is 40.8 Å². The molecule has 0 bridgehead atoms. The van der Waals surface area contributed by atoms with Crippen molar-refractivity contribution in [2.24, 2.45) is 4.99 Å². The zero-order valence-electron chi connectivity index (χ0n) is 17.0. The van der Waals surface area contributed by atoms with E-state index in [2.05, 4.69) is 15.0 Å². The molecule has 0 spiro atoms. The Kier molecular flexibility index (Phi) is 6.49. The second-order valence-corrected chi connectivity index (χ2v) is 7.30. The van der Waals surface area contributed by atoms with Crippen molar-refractivity contribution in [2.75, 3.05) is 14.2 Å². The average molecular weight is 451 g/mol. The molecule has 3 rings (SSSR count). The fourth-order valence-corrected chi connectivity index (χ4v) is 4.01. The number of carbonyl (C=O) groups excluding carboxylic acids is 1.